The Labute approximate surface area is 209 Å². The molecule has 0 fully saturated rings. The lowest BCUT2D eigenvalue weighted by Gasteiger charge is -2.28. The van der Waals surface area contributed by atoms with Gasteiger partial charge in [-0.2, -0.15) is 0 Å². The maximum Gasteiger partial charge on any atom is 0.333 e. The van der Waals surface area contributed by atoms with E-state index in [-0.39, 0.29) is 6.03 Å². The monoisotopic (exact) mass is 484 g/mol. The second-order valence-electron chi connectivity index (χ2n) is 8.66. The van der Waals surface area contributed by atoms with Gasteiger partial charge >= 0.3 is 12.0 Å². The molecule has 1 unspecified atom stereocenters. The van der Waals surface area contributed by atoms with Gasteiger partial charge in [0.25, 0.3) is 0 Å². The van der Waals surface area contributed by atoms with E-state index in [0.29, 0.717) is 44.4 Å². The van der Waals surface area contributed by atoms with E-state index in [0.717, 1.165) is 36.9 Å². The predicted molar refractivity (Wildman–Crippen MR) is 139 cm³/mol. The normalized spacial score (nSPS) is 11.8. The van der Waals surface area contributed by atoms with Gasteiger partial charge in [-0.1, -0.05) is 57.0 Å². The fourth-order valence-electron chi connectivity index (χ4n) is 4.08. The predicted octanol–water partition coefficient (Wildman–Crippen LogP) is 5.85. The Hall–Kier alpha value is -3.06. The van der Waals surface area contributed by atoms with E-state index in [4.69, 9.17) is 9.47 Å². The Kier molecular flexibility index (Phi) is 12.7. The molecule has 0 aliphatic carbocycles. The molecule has 0 saturated carbocycles. The van der Waals surface area contributed by atoms with Crippen molar-refractivity contribution >= 4 is 17.7 Å². The lowest BCUT2D eigenvalue weighted by molar-refractivity contribution is -0.149. The van der Waals surface area contributed by atoms with Crippen LogP contribution >= 0.6 is 0 Å². The average Bonchev–Trinajstić information content (AvgIpc) is 2.85. The van der Waals surface area contributed by atoms with E-state index in [1.165, 1.54) is 0 Å². The summed E-state index contributed by atoms with van der Waals surface area (Å²) in [4.78, 5) is 26.2. The molecule has 0 heterocycles. The Morgan fingerprint density at radius 1 is 0.971 bits per heavy atom. The maximum atomic E-state index is 13.1. The third kappa shape index (κ3) is 10.4. The number of carbonyl (C=O) groups is 2. The topological polar surface area (TPSA) is 88.1 Å². The number of ether oxygens (including phenoxy) is 2. The van der Waals surface area contributed by atoms with Crippen molar-refractivity contribution < 1.29 is 24.2 Å². The minimum atomic E-state index is -0.967. The summed E-state index contributed by atoms with van der Waals surface area (Å²) in [6, 6.07) is 16.7. The van der Waals surface area contributed by atoms with Crippen molar-refractivity contribution in [2.45, 2.75) is 59.0 Å². The van der Waals surface area contributed by atoms with Gasteiger partial charge in [0.2, 0.25) is 0 Å². The molecule has 0 aliphatic rings. The van der Waals surface area contributed by atoms with Gasteiger partial charge in [0.1, 0.15) is 12.4 Å². The molecule has 7 nitrogen and oxygen atoms in total. The third-order valence-electron chi connectivity index (χ3n) is 5.80. The van der Waals surface area contributed by atoms with Crippen molar-refractivity contribution in [2.75, 3.05) is 31.6 Å². The Balaban J connectivity index is 1.97. The van der Waals surface area contributed by atoms with E-state index in [9.17, 15) is 14.7 Å². The Morgan fingerprint density at radius 3 is 2.20 bits per heavy atom. The van der Waals surface area contributed by atoms with Crippen LogP contribution in [0, 0.1) is 5.92 Å². The highest BCUT2D eigenvalue weighted by Gasteiger charge is 2.20. The van der Waals surface area contributed by atoms with Gasteiger partial charge in [0.15, 0.2) is 6.10 Å². The number of nitrogens with one attached hydrogen (secondary N) is 1. The Morgan fingerprint density at radius 2 is 1.63 bits per heavy atom. The summed E-state index contributed by atoms with van der Waals surface area (Å²) in [5.74, 6) is 0.169. The summed E-state index contributed by atoms with van der Waals surface area (Å²) in [5, 5.41) is 12.3. The van der Waals surface area contributed by atoms with Crippen LogP contribution in [-0.4, -0.2) is 54.4 Å². The van der Waals surface area contributed by atoms with Crippen molar-refractivity contribution in [1.29, 1.82) is 0 Å². The van der Waals surface area contributed by atoms with Crippen LogP contribution in [0.15, 0.2) is 54.6 Å². The number of aliphatic carboxylic acids is 1. The minimum absolute atomic E-state index is 0.122. The number of anilines is 1. The first-order chi connectivity index (χ1) is 17.0. The van der Waals surface area contributed by atoms with Gasteiger partial charge in [0, 0.05) is 25.3 Å². The number of hydrogen-bond acceptors (Lipinski definition) is 4. The number of benzene rings is 2. The molecule has 2 N–H and O–H groups in total. The van der Waals surface area contributed by atoms with Crippen molar-refractivity contribution in [3.05, 3.63) is 60.2 Å². The largest absolute Gasteiger partial charge is 0.492 e. The van der Waals surface area contributed by atoms with Gasteiger partial charge in [-0.3, -0.25) is 0 Å². The summed E-state index contributed by atoms with van der Waals surface area (Å²) < 4.78 is 11.2. The van der Waals surface area contributed by atoms with Crippen LogP contribution in [0.1, 0.15) is 52.0 Å². The summed E-state index contributed by atoms with van der Waals surface area (Å²) in [6.07, 6.45) is 3.80. The fraction of sp³-hybridized carbons (Fsp3) is 0.500. The zero-order chi connectivity index (χ0) is 25.5. The van der Waals surface area contributed by atoms with Crippen LogP contribution in [-0.2, 0) is 16.0 Å². The molecule has 2 rings (SSSR count). The smallest absolute Gasteiger partial charge is 0.333 e. The number of nitrogens with zero attached hydrogens (tertiary/aromatic N) is 1. The molecular formula is C28H40N2O5. The van der Waals surface area contributed by atoms with Gasteiger partial charge in [-0.05, 0) is 55.5 Å². The zero-order valence-corrected chi connectivity index (χ0v) is 21.2. The standard InChI is InChI=1S/C28H40N2O5/c1-4-10-23(11-5-2)21-30(28(33)29-24-12-8-7-9-13-24)18-19-35-25-16-14-22(15-17-25)20-26(27(31)32)34-6-3/h7-9,12-17,23,26H,4-6,10-11,18-21H2,1-3H3,(H,29,33)(H,31,32). The maximum absolute atomic E-state index is 13.1. The number of carboxylic acid groups (broad SMARTS) is 1. The van der Waals surface area contributed by atoms with E-state index in [2.05, 4.69) is 19.2 Å². The second kappa shape index (κ2) is 15.8. The summed E-state index contributed by atoms with van der Waals surface area (Å²) in [6.45, 7) is 8.01. The van der Waals surface area contributed by atoms with Gasteiger partial charge in [0.05, 0.1) is 6.54 Å². The zero-order valence-electron chi connectivity index (χ0n) is 21.2. The number of amides is 2. The lowest BCUT2D eigenvalue weighted by atomic mass is 9.98. The molecule has 0 saturated heterocycles. The fourth-order valence-corrected chi connectivity index (χ4v) is 4.08. The molecule has 7 heteroatoms. The van der Waals surface area contributed by atoms with E-state index >= 15 is 0 Å². The molecule has 0 spiro atoms. The number of hydrogen-bond donors (Lipinski definition) is 2. The third-order valence-corrected chi connectivity index (χ3v) is 5.80. The van der Waals surface area contributed by atoms with Crippen LogP contribution in [0.5, 0.6) is 5.75 Å². The molecule has 2 aromatic carbocycles. The number of para-hydroxylation sites is 1. The van der Waals surface area contributed by atoms with E-state index in [1.54, 1.807) is 6.92 Å². The number of carboxylic acids is 1. The van der Waals surface area contributed by atoms with Crippen molar-refractivity contribution in [3.63, 3.8) is 0 Å². The molecule has 1 atom stereocenters. The SMILES string of the molecule is CCCC(CCC)CN(CCOc1ccc(CC(OCC)C(=O)O)cc1)C(=O)Nc1ccccc1. The first kappa shape index (κ1) is 28.2. The van der Waals surface area contributed by atoms with Crippen molar-refractivity contribution in [1.82, 2.24) is 4.90 Å². The second-order valence-corrected chi connectivity index (χ2v) is 8.66. The van der Waals surface area contributed by atoms with Crippen LogP contribution < -0.4 is 10.1 Å². The molecule has 2 amide bonds. The van der Waals surface area contributed by atoms with Gasteiger partial charge in [-0.15, -0.1) is 0 Å². The first-order valence-corrected chi connectivity index (χ1v) is 12.6. The van der Waals surface area contributed by atoms with E-state index < -0.39 is 12.1 Å². The summed E-state index contributed by atoms with van der Waals surface area (Å²) in [5.41, 5.74) is 1.64. The molecule has 0 aromatic heterocycles. The van der Waals surface area contributed by atoms with Crippen LogP contribution in [0.25, 0.3) is 0 Å². The van der Waals surface area contributed by atoms with Gasteiger partial charge in [-0.25, -0.2) is 9.59 Å². The van der Waals surface area contributed by atoms with Crippen LogP contribution in [0.3, 0.4) is 0 Å². The van der Waals surface area contributed by atoms with E-state index in [1.807, 2.05) is 59.5 Å². The van der Waals surface area contributed by atoms with Crippen molar-refractivity contribution in [2.24, 2.45) is 5.92 Å². The van der Waals surface area contributed by atoms with Crippen molar-refractivity contribution in [3.8, 4) is 5.75 Å². The quantitative estimate of drug-likeness (QED) is 0.312. The molecule has 0 radical (unpaired) electrons. The molecule has 2 aromatic rings. The lowest BCUT2D eigenvalue weighted by Crippen LogP contribution is -2.41. The number of rotatable bonds is 16. The average molecular weight is 485 g/mol. The Bertz CT molecular complexity index is 867. The highest BCUT2D eigenvalue weighted by Crippen LogP contribution is 2.18. The van der Waals surface area contributed by atoms with Crippen LogP contribution in [0.4, 0.5) is 10.5 Å². The molecule has 192 valence electrons. The summed E-state index contributed by atoms with van der Waals surface area (Å²) in [7, 11) is 0. The molecular weight excluding hydrogens is 444 g/mol. The van der Waals surface area contributed by atoms with Gasteiger partial charge < -0.3 is 24.8 Å². The number of carbonyl (C=O) groups excluding carboxylic acids is 1. The molecule has 0 aliphatic heterocycles. The molecule has 0 bridgehead atoms. The minimum Gasteiger partial charge on any atom is -0.492 e. The van der Waals surface area contributed by atoms with Crippen LogP contribution in [0.2, 0.25) is 0 Å². The number of urea groups is 1. The highest BCUT2D eigenvalue weighted by atomic mass is 16.5. The first-order valence-electron chi connectivity index (χ1n) is 12.6. The molecule has 35 heavy (non-hydrogen) atoms. The highest BCUT2D eigenvalue weighted by molar-refractivity contribution is 5.89. The summed E-state index contributed by atoms with van der Waals surface area (Å²) >= 11 is 0.